The van der Waals surface area contributed by atoms with Crippen LogP contribution in [-0.4, -0.2) is 62.6 Å². The van der Waals surface area contributed by atoms with Crippen molar-refractivity contribution < 1.29 is 9.59 Å². The van der Waals surface area contributed by atoms with Crippen molar-refractivity contribution in [2.45, 2.75) is 44.9 Å². The van der Waals surface area contributed by atoms with Crippen molar-refractivity contribution in [1.29, 1.82) is 0 Å². The Morgan fingerprint density at radius 1 is 1.00 bits per heavy atom. The number of amides is 2. The van der Waals surface area contributed by atoms with Gasteiger partial charge in [-0.1, -0.05) is 32.1 Å². The van der Waals surface area contributed by atoms with Gasteiger partial charge >= 0.3 is 0 Å². The third-order valence-corrected chi connectivity index (χ3v) is 5.95. The number of hydrogen-bond acceptors (Lipinski definition) is 4. The van der Waals surface area contributed by atoms with Crippen LogP contribution in [0.4, 0.5) is 0 Å². The molecule has 2 aromatic heterocycles. The Morgan fingerprint density at radius 2 is 1.74 bits per heavy atom. The average molecular weight is 369 g/mol. The van der Waals surface area contributed by atoms with Crippen LogP contribution in [0.2, 0.25) is 0 Å². The highest BCUT2D eigenvalue weighted by Crippen LogP contribution is 2.27. The van der Waals surface area contributed by atoms with Gasteiger partial charge in [0.2, 0.25) is 5.91 Å². The molecule has 2 amide bonds. The summed E-state index contributed by atoms with van der Waals surface area (Å²) in [5.74, 6) is 0.940. The van der Waals surface area contributed by atoms with Gasteiger partial charge in [0.05, 0.1) is 11.8 Å². The van der Waals surface area contributed by atoms with E-state index in [-0.39, 0.29) is 11.8 Å². The molecule has 0 spiro atoms. The number of carbonyl (C=O) groups excluding carboxylic acids is 2. The minimum Gasteiger partial charge on any atom is -0.339 e. The van der Waals surface area contributed by atoms with Crippen molar-refractivity contribution in [2.24, 2.45) is 5.92 Å². The first-order chi connectivity index (χ1) is 13.2. The fraction of sp³-hybridized carbons (Fsp3) is 0.600. The molecular weight excluding hydrogens is 342 g/mol. The molecule has 1 aliphatic heterocycles. The predicted molar refractivity (Wildman–Crippen MR) is 101 cm³/mol. The van der Waals surface area contributed by atoms with Crippen molar-refractivity contribution in [3.8, 4) is 0 Å². The zero-order valence-corrected chi connectivity index (χ0v) is 15.7. The Bertz CT molecular complexity index is 804. The minimum absolute atomic E-state index is 0.0349. The molecule has 1 aliphatic carbocycles. The molecule has 0 atom stereocenters. The molecule has 0 unspecified atom stereocenters. The van der Waals surface area contributed by atoms with Gasteiger partial charge in [-0.2, -0.15) is 14.8 Å². The van der Waals surface area contributed by atoms with Crippen molar-refractivity contribution in [1.82, 2.24) is 24.6 Å². The molecule has 7 nitrogen and oxygen atoms in total. The van der Waals surface area contributed by atoms with E-state index in [2.05, 4.69) is 10.2 Å². The third kappa shape index (κ3) is 3.96. The van der Waals surface area contributed by atoms with Crippen molar-refractivity contribution in [3.05, 3.63) is 30.1 Å². The van der Waals surface area contributed by atoms with Crippen LogP contribution in [0.3, 0.4) is 0 Å². The van der Waals surface area contributed by atoms with E-state index in [1.807, 2.05) is 15.9 Å². The fourth-order valence-corrected chi connectivity index (χ4v) is 4.29. The standard InChI is InChI=1S/C20H27N5O2/c26-19(9-8-16-5-2-1-3-6-16)23-11-13-24(14-12-23)20(27)17-15-22-25-18(17)7-4-10-21-25/h4,7,10,15-16H,1-3,5-6,8-9,11-14H2. The Morgan fingerprint density at radius 3 is 2.52 bits per heavy atom. The van der Waals surface area contributed by atoms with Crippen LogP contribution in [0.5, 0.6) is 0 Å². The first-order valence-electron chi connectivity index (χ1n) is 10.1. The average Bonchev–Trinajstić information content (AvgIpc) is 3.16. The van der Waals surface area contributed by atoms with Crippen LogP contribution in [-0.2, 0) is 4.79 Å². The minimum atomic E-state index is -0.0349. The molecule has 0 aromatic carbocycles. The lowest BCUT2D eigenvalue weighted by Crippen LogP contribution is -2.50. The topological polar surface area (TPSA) is 70.8 Å². The molecule has 1 saturated heterocycles. The summed E-state index contributed by atoms with van der Waals surface area (Å²) < 4.78 is 1.47. The van der Waals surface area contributed by atoms with E-state index in [0.29, 0.717) is 43.7 Å². The van der Waals surface area contributed by atoms with Gasteiger partial charge < -0.3 is 9.80 Å². The van der Waals surface area contributed by atoms with E-state index >= 15 is 0 Å². The molecule has 0 N–H and O–H groups in total. The third-order valence-electron chi connectivity index (χ3n) is 5.95. The summed E-state index contributed by atoms with van der Waals surface area (Å²) >= 11 is 0. The highest BCUT2D eigenvalue weighted by molar-refractivity contribution is 6.00. The van der Waals surface area contributed by atoms with Crippen molar-refractivity contribution in [3.63, 3.8) is 0 Å². The molecule has 3 heterocycles. The van der Waals surface area contributed by atoms with Gasteiger partial charge in [0.25, 0.3) is 5.91 Å². The van der Waals surface area contributed by atoms with Crippen molar-refractivity contribution in [2.75, 3.05) is 26.2 Å². The molecule has 4 rings (SSSR count). The summed E-state index contributed by atoms with van der Waals surface area (Å²) in [7, 11) is 0. The van der Waals surface area contributed by atoms with E-state index < -0.39 is 0 Å². The molecule has 2 aliphatic rings. The highest BCUT2D eigenvalue weighted by atomic mass is 16.2. The predicted octanol–water partition coefficient (Wildman–Crippen LogP) is 2.37. The van der Waals surface area contributed by atoms with Crippen LogP contribution in [0.25, 0.3) is 5.52 Å². The summed E-state index contributed by atoms with van der Waals surface area (Å²) in [6.07, 6.45) is 11.4. The number of piperazine rings is 1. The zero-order chi connectivity index (χ0) is 18.6. The molecule has 0 bridgehead atoms. The van der Waals surface area contributed by atoms with Gasteiger partial charge in [-0.25, -0.2) is 0 Å². The van der Waals surface area contributed by atoms with E-state index in [4.69, 9.17) is 0 Å². The second-order valence-electron chi connectivity index (χ2n) is 7.67. The summed E-state index contributed by atoms with van der Waals surface area (Å²) in [6, 6.07) is 3.65. The summed E-state index contributed by atoms with van der Waals surface area (Å²) in [5.41, 5.74) is 1.29. The maximum Gasteiger partial charge on any atom is 0.257 e. The lowest BCUT2D eigenvalue weighted by atomic mass is 9.86. The SMILES string of the molecule is O=C(CCC1CCCCC1)N1CCN(C(=O)c2cnn3ncccc23)CC1. The second-order valence-corrected chi connectivity index (χ2v) is 7.67. The first kappa shape index (κ1) is 17.9. The largest absolute Gasteiger partial charge is 0.339 e. The molecule has 2 aromatic rings. The Kier molecular flexibility index (Phi) is 5.36. The van der Waals surface area contributed by atoms with E-state index in [1.54, 1.807) is 18.5 Å². The monoisotopic (exact) mass is 369 g/mol. The van der Waals surface area contributed by atoms with Crippen molar-refractivity contribution >= 4 is 17.3 Å². The quantitative estimate of drug-likeness (QED) is 0.830. The summed E-state index contributed by atoms with van der Waals surface area (Å²) in [6.45, 7) is 2.39. The molecule has 7 heteroatoms. The molecule has 27 heavy (non-hydrogen) atoms. The molecule has 144 valence electrons. The van der Waals surface area contributed by atoms with Gasteiger partial charge in [-0.05, 0) is 24.5 Å². The Labute approximate surface area is 159 Å². The van der Waals surface area contributed by atoms with Crippen LogP contribution in [0.1, 0.15) is 55.3 Å². The van der Waals surface area contributed by atoms with Gasteiger partial charge in [0.1, 0.15) is 5.52 Å². The maximum absolute atomic E-state index is 12.8. The van der Waals surface area contributed by atoms with Gasteiger partial charge in [0.15, 0.2) is 0 Å². The normalized spacial score (nSPS) is 18.8. The molecule has 0 radical (unpaired) electrons. The maximum atomic E-state index is 12.8. The zero-order valence-electron chi connectivity index (χ0n) is 15.7. The number of fused-ring (bicyclic) bond motifs is 1. The number of nitrogens with zero attached hydrogens (tertiary/aromatic N) is 5. The van der Waals surface area contributed by atoms with E-state index in [0.717, 1.165) is 12.3 Å². The number of aromatic nitrogens is 3. The Balaban J connectivity index is 1.29. The number of rotatable bonds is 4. The van der Waals surface area contributed by atoms with Crippen LogP contribution < -0.4 is 0 Å². The molecular formula is C20H27N5O2. The number of carbonyl (C=O) groups is 2. The lowest BCUT2D eigenvalue weighted by Gasteiger charge is -2.35. The van der Waals surface area contributed by atoms with E-state index in [1.165, 1.54) is 36.7 Å². The summed E-state index contributed by atoms with van der Waals surface area (Å²) in [5, 5.41) is 8.25. The fourth-order valence-electron chi connectivity index (χ4n) is 4.29. The lowest BCUT2D eigenvalue weighted by molar-refractivity contribution is -0.133. The van der Waals surface area contributed by atoms with E-state index in [9.17, 15) is 9.59 Å². The van der Waals surface area contributed by atoms with Crippen LogP contribution in [0.15, 0.2) is 24.5 Å². The first-order valence-corrected chi connectivity index (χ1v) is 10.1. The van der Waals surface area contributed by atoms with Crippen LogP contribution in [0, 0.1) is 5.92 Å². The molecule has 1 saturated carbocycles. The van der Waals surface area contributed by atoms with Gasteiger partial charge in [-0.3, -0.25) is 9.59 Å². The molecule has 2 fully saturated rings. The smallest absolute Gasteiger partial charge is 0.257 e. The Hall–Kier alpha value is -2.44. The second kappa shape index (κ2) is 8.06. The van der Waals surface area contributed by atoms with Crippen LogP contribution >= 0.6 is 0 Å². The van der Waals surface area contributed by atoms with Gasteiger partial charge in [-0.15, -0.1) is 0 Å². The van der Waals surface area contributed by atoms with Gasteiger partial charge in [0, 0.05) is 38.8 Å². The number of hydrogen-bond donors (Lipinski definition) is 0. The highest BCUT2D eigenvalue weighted by Gasteiger charge is 2.27. The summed E-state index contributed by atoms with van der Waals surface area (Å²) in [4.78, 5) is 29.1.